The minimum atomic E-state index is -0.700. The molecule has 0 bridgehead atoms. The third-order valence-electron chi connectivity index (χ3n) is 2.24. The quantitative estimate of drug-likeness (QED) is 0.708. The van der Waals surface area contributed by atoms with E-state index >= 15 is 0 Å². The van der Waals surface area contributed by atoms with Crippen LogP contribution in [0.4, 0.5) is 0 Å². The molecular formula is C9H17NO2S. The molecule has 1 saturated heterocycles. The molecule has 76 valence electrons. The Hall–Kier alpha value is -0.220. The summed E-state index contributed by atoms with van der Waals surface area (Å²) in [6.07, 6.45) is 2.23. The summed E-state index contributed by atoms with van der Waals surface area (Å²) in [7, 11) is 0. The number of aliphatic carboxylic acids is 1. The molecule has 0 spiro atoms. The highest BCUT2D eigenvalue weighted by Gasteiger charge is 2.17. The number of hydrogen-bond acceptors (Lipinski definition) is 3. The predicted molar refractivity (Wildman–Crippen MR) is 55.2 cm³/mol. The Morgan fingerprint density at radius 3 is 3.08 bits per heavy atom. The average Bonchev–Trinajstić information content (AvgIpc) is 2.53. The van der Waals surface area contributed by atoms with E-state index < -0.39 is 5.97 Å². The summed E-state index contributed by atoms with van der Waals surface area (Å²) in [5, 5.41) is 11.9. The molecule has 0 radical (unpaired) electrons. The molecule has 1 aliphatic heterocycles. The van der Waals surface area contributed by atoms with Crippen molar-refractivity contribution in [3.05, 3.63) is 0 Å². The molecule has 0 aliphatic carbocycles. The van der Waals surface area contributed by atoms with Gasteiger partial charge in [0, 0.05) is 24.3 Å². The fourth-order valence-corrected chi connectivity index (χ4v) is 2.66. The number of carboxylic acid groups (broad SMARTS) is 1. The molecule has 1 fully saturated rings. The van der Waals surface area contributed by atoms with Crippen molar-refractivity contribution < 1.29 is 9.90 Å². The summed E-state index contributed by atoms with van der Waals surface area (Å²) < 4.78 is 0. The SMILES string of the molecule is CC(CCC(=O)O)NC1CCSC1. The highest BCUT2D eigenvalue weighted by atomic mass is 32.2. The Balaban J connectivity index is 2.09. The van der Waals surface area contributed by atoms with Crippen LogP contribution in [0.2, 0.25) is 0 Å². The molecule has 13 heavy (non-hydrogen) atoms. The van der Waals surface area contributed by atoms with Crippen molar-refractivity contribution in [1.29, 1.82) is 0 Å². The topological polar surface area (TPSA) is 49.3 Å². The molecule has 2 atom stereocenters. The van der Waals surface area contributed by atoms with Gasteiger partial charge in [0.1, 0.15) is 0 Å². The predicted octanol–water partition coefficient (Wildman–Crippen LogP) is 1.33. The first kappa shape index (κ1) is 10.9. The lowest BCUT2D eigenvalue weighted by Gasteiger charge is -2.17. The zero-order chi connectivity index (χ0) is 9.68. The zero-order valence-electron chi connectivity index (χ0n) is 7.95. The number of thioether (sulfide) groups is 1. The second-order valence-corrected chi connectivity index (χ2v) is 4.71. The van der Waals surface area contributed by atoms with E-state index in [0.29, 0.717) is 12.1 Å². The number of nitrogens with one attached hydrogen (secondary N) is 1. The van der Waals surface area contributed by atoms with Gasteiger partial charge in [-0.3, -0.25) is 4.79 Å². The summed E-state index contributed by atoms with van der Waals surface area (Å²) >= 11 is 1.97. The summed E-state index contributed by atoms with van der Waals surface area (Å²) in [4.78, 5) is 10.3. The minimum absolute atomic E-state index is 0.272. The van der Waals surface area contributed by atoms with E-state index in [1.165, 1.54) is 17.9 Å². The van der Waals surface area contributed by atoms with Gasteiger partial charge >= 0.3 is 5.97 Å². The van der Waals surface area contributed by atoms with Crippen LogP contribution in [0.25, 0.3) is 0 Å². The maximum absolute atomic E-state index is 10.3. The van der Waals surface area contributed by atoms with Crippen molar-refractivity contribution in [2.75, 3.05) is 11.5 Å². The van der Waals surface area contributed by atoms with E-state index in [0.717, 1.165) is 6.42 Å². The fraction of sp³-hybridized carbons (Fsp3) is 0.889. The van der Waals surface area contributed by atoms with Gasteiger partial charge in [-0.1, -0.05) is 0 Å². The van der Waals surface area contributed by atoms with Gasteiger partial charge in [-0.25, -0.2) is 0 Å². The van der Waals surface area contributed by atoms with Crippen molar-refractivity contribution in [3.63, 3.8) is 0 Å². The van der Waals surface area contributed by atoms with E-state index in [1.54, 1.807) is 0 Å². The van der Waals surface area contributed by atoms with E-state index in [4.69, 9.17) is 5.11 Å². The van der Waals surface area contributed by atoms with Crippen LogP contribution in [0, 0.1) is 0 Å². The van der Waals surface area contributed by atoms with Gasteiger partial charge in [0.2, 0.25) is 0 Å². The van der Waals surface area contributed by atoms with Crippen LogP contribution < -0.4 is 5.32 Å². The Morgan fingerprint density at radius 2 is 2.54 bits per heavy atom. The Kier molecular flexibility index (Phi) is 4.59. The van der Waals surface area contributed by atoms with Crippen molar-refractivity contribution in [3.8, 4) is 0 Å². The van der Waals surface area contributed by atoms with Crippen LogP contribution in [0.15, 0.2) is 0 Å². The lowest BCUT2D eigenvalue weighted by Crippen LogP contribution is -2.36. The Morgan fingerprint density at radius 1 is 1.77 bits per heavy atom. The summed E-state index contributed by atoms with van der Waals surface area (Å²) in [6, 6.07) is 0.939. The monoisotopic (exact) mass is 203 g/mol. The number of carboxylic acids is 1. The second kappa shape index (κ2) is 5.50. The average molecular weight is 203 g/mol. The van der Waals surface area contributed by atoms with Gasteiger partial charge in [0.05, 0.1) is 0 Å². The van der Waals surface area contributed by atoms with Crippen LogP contribution in [0.5, 0.6) is 0 Å². The fourth-order valence-electron chi connectivity index (χ4n) is 1.49. The lowest BCUT2D eigenvalue weighted by atomic mass is 10.1. The number of hydrogen-bond donors (Lipinski definition) is 2. The van der Waals surface area contributed by atoms with E-state index in [9.17, 15) is 4.79 Å². The molecule has 0 saturated carbocycles. The maximum Gasteiger partial charge on any atom is 0.303 e. The van der Waals surface area contributed by atoms with Crippen molar-refractivity contribution in [2.24, 2.45) is 0 Å². The summed E-state index contributed by atoms with van der Waals surface area (Å²) in [5.41, 5.74) is 0. The minimum Gasteiger partial charge on any atom is -0.481 e. The molecule has 3 nitrogen and oxygen atoms in total. The second-order valence-electron chi connectivity index (χ2n) is 3.56. The summed E-state index contributed by atoms with van der Waals surface area (Å²) in [6.45, 7) is 2.06. The molecule has 2 N–H and O–H groups in total. The standard InChI is InChI=1S/C9H17NO2S/c1-7(2-3-9(11)12)10-8-4-5-13-6-8/h7-8,10H,2-6H2,1H3,(H,11,12). The van der Waals surface area contributed by atoms with Crippen LogP contribution in [0.1, 0.15) is 26.2 Å². The molecule has 0 aromatic heterocycles. The van der Waals surface area contributed by atoms with Gasteiger partial charge in [-0.15, -0.1) is 0 Å². The lowest BCUT2D eigenvalue weighted by molar-refractivity contribution is -0.137. The first-order valence-electron chi connectivity index (χ1n) is 4.74. The normalized spacial score (nSPS) is 24.5. The smallest absolute Gasteiger partial charge is 0.303 e. The Labute approximate surface area is 83.3 Å². The molecule has 0 aromatic rings. The third-order valence-corrected chi connectivity index (χ3v) is 3.40. The first-order valence-corrected chi connectivity index (χ1v) is 5.89. The Bertz CT molecular complexity index is 169. The van der Waals surface area contributed by atoms with Crippen molar-refractivity contribution in [1.82, 2.24) is 5.32 Å². The zero-order valence-corrected chi connectivity index (χ0v) is 8.77. The summed E-state index contributed by atoms with van der Waals surface area (Å²) in [5.74, 6) is 1.72. The highest BCUT2D eigenvalue weighted by Crippen LogP contribution is 2.17. The van der Waals surface area contributed by atoms with Crippen LogP contribution in [-0.4, -0.2) is 34.7 Å². The van der Waals surface area contributed by atoms with Gasteiger partial charge in [-0.05, 0) is 25.5 Å². The number of carbonyl (C=O) groups is 1. The van der Waals surface area contributed by atoms with Gasteiger partial charge in [0.25, 0.3) is 0 Å². The highest BCUT2D eigenvalue weighted by molar-refractivity contribution is 7.99. The van der Waals surface area contributed by atoms with Gasteiger partial charge in [-0.2, -0.15) is 11.8 Å². The molecule has 0 aromatic carbocycles. The van der Waals surface area contributed by atoms with Gasteiger partial charge in [0.15, 0.2) is 0 Å². The van der Waals surface area contributed by atoms with Crippen LogP contribution in [-0.2, 0) is 4.79 Å². The first-order chi connectivity index (χ1) is 6.18. The van der Waals surface area contributed by atoms with Crippen LogP contribution >= 0.6 is 11.8 Å². The van der Waals surface area contributed by atoms with E-state index in [-0.39, 0.29) is 6.42 Å². The molecule has 4 heteroatoms. The molecule has 1 aliphatic rings. The van der Waals surface area contributed by atoms with E-state index in [2.05, 4.69) is 12.2 Å². The largest absolute Gasteiger partial charge is 0.481 e. The van der Waals surface area contributed by atoms with E-state index in [1.807, 2.05) is 11.8 Å². The van der Waals surface area contributed by atoms with Crippen LogP contribution in [0.3, 0.4) is 0 Å². The molecular weight excluding hydrogens is 186 g/mol. The van der Waals surface area contributed by atoms with Crippen molar-refractivity contribution in [2.45, 2.75) is 38.3 Å². The molecule has 1 heterocycles. The molecule has 0 amide bonds. The number of rotatable bonds is 5. The van der Waals surface area contributed by atoms with Crippen molar-refractivity contribution >= 4 is 17.7 Å². The van der Waals surface area contributed by atoms with Gasteiger partial charge < -0.3 is 10.4 Å². The third kappa shape index (κ3) is 4.52. The molecule has 1 rings (SSSR count). The maximum atomic E-state index is 10.3. The molecule has 2 unspecified atom stereocenters.